The molecule has 5 heteroatoms. The van der Waals surface area contributed by atoms with Gasteiger partial charge in [-0.05, 0) is 30.9 Å². The Balaban J connectivity index is 1.35. The van der Waals surface area contributed by atoms with Gasteiger partial charge in [0.15, 0.2) is 0 Å². The molecular formula is C20H25NO4. The number of benzene rings is 1. The van der Waals surface area contributed by atoms with Crippen molar-refractivity contribution in [3.63, 3.8) is 0 Å². The zero-order valence-corrected chi connectivity index (χ0v) is 14.5. The Bertz CT molecular complexity index is 614. The summed E-state index contributed by atoms with van der Waals surface area (Å²) >= 11 is 0. The zero-order valence-electron chi connectivity index (χ0n) is 14.5. The third-order valence-electron chi connectivity index (χ3n) is 5.15. The van der Waals surface area contributed by atoms with Crippen LogP contribution in [0.3, 0.4) is 0 Å². The fraction of sp³-hybridized carbons (Fsp3) is 0.550. The average molecular weight is 343 g/mol. The maximum absolute atomic E-state index is 12.2. The number of ether oxygens (including phenoxy) is 1. The van der Waals surface area contributed by atoms with Crippen LogP contribution in [0.4, 0.5) is 0 Å². The molecule has 1 aromatic carbocycles. The Kier molecular flexibility index (Phi) is 5.84. The van der Waals surface area contributed by atoms with E-state index in [1.54, 1.807) is 24.3 Å². The number of fused-ring (bicyclic) bond motifs is 1. The first-order valence-corrected chi connectivity index (χ1v) is 9.27. The van der Waals surface area contributed by atoms with Gasteiger partial charge < -0.3 is 4.74 Å². The molecule has 0 atom stereocenters. The highest BCUT2D eigenvalue weighted by molar-refractivity contribution is 6.21. The van der Waals surface area contributed by atoms with E-state index in [2.05, 4.69) is 0 Å². The van der Waals surface area contributed by atoms with Gasteiger partial charge in [-0.15, -0.1) is 0 Å². The maximum atomic E-state index is 12.2. The van der Waals surface area contributed by atoms with Crippen LogP contribution in [0.5, 0.6) is 0 Å². The second-order valence-electron chi connectivity index (χ2n) is 6.92. The lowest BCUT2D eigenvalue weighted by Gasteiger charge is -2.20. The highest BCUT2D eigenvalue weighted by atomic mass is 16.5. The van der Waals surface area contributed by atoms with Crippen molar-refractivity contribution in [3.05, 3.63) is 35.4 Å². The van der Waals surface area contributed by atoms with E-state index in [0.29, 0.717) is 29.9 Å². The third-order valence-corrected chi connectivity index (χ3v) is 5.15. The van der Waals surface area contributed by atoms with Crippen LogP contribution >= 0.6 is 0 Å². The lowest BCUT2D eigenvalue weighted by molar-refractivity contribution is -0.144. The standard InChI is InChI=1S/C20H25NO4/c22-18(12-11-15-7-2-1-3-8-15)25-14-6-13-21-19(23)16-9-4-5-10-17(16)20(21)24/h4-5,9-10,15H,1-3,6-8,11-14H2. The molecule has 134 valence electrons. The van der Waals surface area contributed by atoms with E-state index in [1.165, 1.54) is 37.0 Å². The first-order chi connectivity index (χ1) is 12.2. The highest BCUT2D eigenvalue weighted by Gasteiger charge is 2.34. The Morgan fingerprint density at radius 3 is 2.32 bits per heavy atom. The molecular weight excluding hydrogens is 318 g/mol. The Morgan fingerprint density at radius 1 is 1.04 bits per heavy atom. The largest absolute Gasteiger partial charge is 0.466 e. The molecule has 0 N–H and O–H groups in total. The smallest absolute Gasteiger partial charge is 0.305 e. The first-order valence-electron chi connectivity index (χ1n) is 9.27. The summed E-state index contributed by atoms with van der Waals surface area (Å²) in [6.45, 7) is 0.527. The summed E-state index contributed by atoms with van der Waals surface area (Å²) in [5.41, 5.74) is 0.911. The van der Waals surface area contributed by atoms with Gasteiger partial charge in [-0.1, -0.05) is 44.2 Å². The average Bonchev–Trinajstić information content (AvgIpc) is 2.89. The normalized spacial score (nSPS) is 17.7. The lowest BCUT2D eigenvalue weighted by atomic mass is 9.86. The number of esters is 1. The molecule has 1 aliphatic heterocycles. The van der Waals surface area contributed by atoms with E-state index in [1.807, 2.05) is 0 Å². The number of imide groups is 1. The number of nitrogens with zero attached hydrogens (tertiary/aromatic N) is 1. The minimum atomic E-state index is -0.260. The number of carbonyl (C=O) groups is 3. The number of rotatable bonds is 7. The quantitative estimate of drug-likeness (QED) is 0.431. The van der Waals surface area contributed by atoms with Crippen LogP contribution in [-0.2, 0) is 9.53 Å². The van der Waals surface area contributed by atoms with Gasteiger partial charge in [0, 0.05) is 13.0 Å². The van der Waals surface area contributed by atoms with E-state index in [4.69, 9.17) is 4.74 Å². The molecule has 0 unspecified atom stereocenters. The molecule has 1 saturated carbocycles. The van der Waals surface area contributed by atoms with Crippen LogP contribution in [0.2, 0.25) is 0 Å². The fourth-order valence-electron chi connectivity index (χ4n) is 3.72. The molecule has 0 bridgehead atoms. The van der Waals surface area contributed by atoms with Gasteiger partial charge in [0.1, 0.15) is 0 Å². The lowest BCUT2D eigenvalue weighted by Crippen LogP contribution is -2.31. The van der Waals surface area contributed by atoms with Crippen LogP contribution in [-0.4, -0.2) is 35.8 Å². The van der Waals surface area contributed by atoms with Crippen molar-refractivity contribution in [1.82, 2.24) is 4.90 Å². The van der Waals surface area contributed by atoms with Gasteiger partial charge in [0.2, 0.25) is 0 Å². The molecule has 2 aliphatic rings. The molecule has 3 rings (SSSR count). The molecule has 0 spiro atoms. The summed E-state index contributed by atoms with van der Waals surface area (Å²) in [5, 5.41) is 0. The van der Waals surface area contributed by atoms with E-state index < -0.39 is 0 Å². The molecule has 0 radical (unpaired) electrons. The topological polar surface area (TPSA) is 63.7 Å². The predicted octanol–water partition coefficient (Wildman–Crippen LogP) is 3.58. The summed E-state index contributed by atoms with van der Waals surface area (Å²) < 4.78 is 5.25. The van der Waals surface area contributed by atoms with Crippen molar-refractivity contribution < 1.29 is 19.1 Å². The van der Waals surface area contributed by atoms with Gasteiger partial charge in [0.25, 0.3) is 11.8 Å². The minimum Gasteiger partial charge on any atom is -0.466 e. The van der Waals surface area contributed by atoms with Crippen LogP contribution in [0.15, 0.2) is 24.3 Å². The van der Waals surface area contributed by atoms with Crippen molar-refractivity contribution in [2.24, 2.45) is 5.92 Å². The first kappa shape index (κ1) is 17.6. The summed E-state index contributed by atoms with van der Waals surface area (Å²) in [7, 11) is 0. The Labute approximate surface area is 148 Å². The van der Waals surface area contributed by atoms with Crippen LogP contribution in [0.25, 0.3) is 0 Å². The summed E-state index contributed by atoms with van der Waals surface area (Å²) in [4.78, 5) is 37.5. The number of hydrogen-bond donors (Lipinski definition) is 0. The number of amides is 2. The molecule has 2 amide bonds. The van der Waals surface area contributed by atoms with Gasteiger partial charge >= 0.3 is 5.97 Å². The predicted molar refractivity (Wildman–Crippen MR) is 93.2 cm³/mol. The monoisotopic (exact) mass is 343 g/mol. The van der Waals surface area contributed by atoms with E-state index >= 15 is 0 Å². The molecule has 0 aromatic heterocycles. The molecule has 1 aromatic rings. The zero-order chi connectivity index (χ0) is 17.6. The second-order valence-corrected chi connectivity index (χ2v) is 6.92. The molecule has 0 saturated heterocycles. The van der Waals surface area contributed by atoms with Crippen molar-refractivity contribution in [1.29, 1.82) is 0 Å². The second kappa shape index (κ2) is 8.28. The van der Waals surface area contributed by atoms with Crippen molar-refractivity contribution in [2.45, 2.75) is 51.4 Å². The molecule has 1 heterocycles. The Hall–Kier alpha value is -2.17. The van der Waals surface area contributed by atoms with E-state index in [-0.39, 0.29) is 30.9 Å². The maximum Gasteiger partial charge on any atom is 0.305 e. The highest BCUT2D eigenvalue weighted by Crippen LogP contribution is 2.27. The summed E-state index contributed by atoms with van der Waals surface area (Å²) in [5.74, 6) is -0.0268. The molecule has 1 fully saturated rings. The minimum absolute atomic E-state index is 0.173. The van der Waals surface area contributed by atoms with Crippen molar-refractivity contribution in [2.75, 3.05) is 13.2 Å². The molecule has 25 heavy (non-hydrogen) atoms. The SMILES string of the molecule is O=C(CCC1CCCCC1)OCCCN1C(=O)c2ccccc2C1=O. The van der Waals surface area contributed by atoms with Crippen molar-refractivity contribution >= 4 is 17.8 Å². The number of hydrogen-bond acceptors (Lipinski definition) is 4. The Morgan fingerprint density at radius 2 is 1.68 bits per heavy atom. The van der Waals surface area contributed by atoms with Gasteiger partial charge in [0.05, 0.1) is 17.7 Å². The number of carbonyl (C=O) groups excluding carboxylic acids is 3. The van der Waals surface area contributed by atoms with Crippen molar-refractivity contribution in [3.8, 4) is 0 Å². The molecule has 1 aliphatic carbocycles. The van der Waals surface area contributed by atoms with E-state index in [0.717, 1.165) is 6.42 Å². The third kappa shape index (κ3) is 4.27. The molecule has 5 nitrogen and oxygen atoms in total. The van der Waals surface area contributed by atoms with E-state index in [9.17, 15) is 14.4 Å². The van der Waals surface area contributed by atoms with Gasteiger partial charge in [-0.3, -0.25) is 19.3 Å². The van der Waals surface area contributed by atoms with Crippen LogP contribution in [0.1, 0.15) is 72.1 Å². The fourth-order valence-corrected chi connectivity index (χ4v) is 3.72. The van der Waals surface area contributed by atoms with Crippen LogP contribution < -0.4 is 0 Å². The van der Waals surface area contributed by atoms with Crippen LogP contribution in [0, 0.1) is 5.92 Å². The van der Waals surface area contributed by atoms with Gasteiger partial charge in [-0.2, -0.15) is 0 Å². The summed E-state index contributed by atoms with van der Waals surface area (Å²) in [6, 6.07) is 6.84. The summed E-state index contributed by atoms with van der Waals surface area (Å²) in [6.07, 6.45) is 8.19. The van der Waals surface area contributed by atoms with Gasteiger partial charge in [-0.25, -0.2) is 0 Å².